The van der Waals surface area contributed by atoms with E-state index < -0.39 is 0 Å². The standard InChI is InChI=1S/C23H37FN4O3/c1-16(2)22(27-7-9-30-10-8-27)13-26-23(29)25-12-19-5-6-21(20(24)11-19)28-14-17(3)31-18(4)15-28/h5-6,11,16-18,22H,7-10,12-15H2,1-4H3,(H2,25,26,29). The summed E-state index contributed by atoms with van der Waals surface area (Å²) < 4.78 is 25.9. The molecule has 3 atom stereocenters. The van der Waals surface area contributed by atoms with Gasteiger partial charge in [-0.2, -0.15) is 0 Å². The Balaban J connectivity index is 1.49. The van der Waals surface area contributed by atoms with Crippen LogP contribution >= 0.6 is 0 Å². The Labute approximate surface area is 185 Å². The van der Waals surface area contributed by atoms with Gasteiger partial charge in [0, 0.05) is 45.3 Å². The molecule has 2 fully saturated rings. The number of nitrogens with one attached hydrogen (secondary N) is 2. The van der Waals surface area contributed by atoms with Crippen LogP contribution in [0.15, 0.2) is 18.2 Å². The van der Waals surface area contributed by atoms with Gasteiger partial charge in [0.2, 0.25) is 0 Å². The molecule has 0 saturated carbocycles. The molecule has 0 bridgehead atoms. The van der Waals surface area contributed by atoms with Crippen LogP contribution in [0.5, 0.6) is 0 Å². The largest absolute Gasteiger partial charge is 0.379 e. The SMILES string of the molecule is CC1CN(c2ccc(CNC(=O)NCC(C(C)C)N3CCOCC3)cc2F)CC(C)O1. The monoisotopic (exact) mass is 436 g/mol. The van der Waals surface area contributed by atoms with E-state index in [1.165, 1.54) is 6.07 Å². The van der Waals surface area contributed by atoms with Crippen molar-refractivity contribution in [1.29, 1.82) is 0 Å². The first kappa shape index (κ1) is 23.8. The van der Waals surface area contributed by atoms with Gasteiger partial charge in [-0.3, -0.25) is 4.90 Å². The maximum absolute atomic E-state index is 14.7. The molecule has 2 aliphatic heterocycles. The minimum Gasteiger partial charge on any atom is -0.379 e. The minimum absolute atomic E-state index is 0.0697. The Kier molecular flexibility index (Phi) is 8.51. The summed E-state index contributed by atoms with van der Waals surface area (Å²) in [6, 6.07) is 5.20. The quantitative estimate of drug-likeness (QED) is 0.688. The molecule has 2 saturated heterocycles. The van der Waals surface area contributed by atoms with Crippen molar-refractivity contribution in [2.24, 2.45) is 5.92 Å². The van der Waals surface area contributed by atoms with Crippen LogP contribution in [0.1, 0.15) is 33.3 Å². The molecule has 0 radical (unpaired) electrons. The van der Waals surface area contributed by atoms with E-state index in [-0.39, 0.29) is 36.6 Å². The number of hydrogen-bond donors (Lipinski definition) is 2. The molecule has 2 N–H and O–H groups in total. The summed E-state index contributed by atoms with van der Waals surface area (Å²) >= 11 is 0. The predicted molar refractivity (Wildman–Crippen MR) is 120 cm³/mol. The Morgan fingerprint density at radius 3 is 2.45 bits per heavy atom. The van der Waals surface area contributed by atoms with E-state index in [2.05, 4.69) is 29.4 Å². The fourth-order valence-corrected chi connectivity index (χ4v) is 4.43. The second-order valence-electron chi connectivity index (χ2n) is 8.97. The summed E-state index contributed by atoms with van der Waals surface area (Å²) in [5, 5.41) is 5.81. The van der Waals surface area contributed by atoms with Gasteiger partial charge in [0.15, 0.2) is 0 Å². The van der Waals surface area contributed by atoms with Gasteiger partial charge in [0.1, 0.15) is 5.82 Å². The third-order valence-corrected chi connectivity index (χ3v) is 5.98. The lowest BCUT2D eigenvalue weighted by Gasteiger charge is -2.37. The molecule has 31 heavy (non-hydrogen) atoms. The lowest BCUT2D eigenvalue weighted by molar-refractivity contribution is -0.00539. The van der Waals surface area contributed by atoms with Gasteiger partial charge in [0.25, 0.3) is 0 Å². The molecule has 1 aromatic rings. The van der Waals surface area contributed by atoms with Crippen molar-refractivity contribution >= 4 is 11.7 Å². The van der Waals surface area contributed by atoms with Crippen molar-refractivity contribution < 1.29 is 18.7 Å². The number of carbonyl (C=O) groups excluding carboxylic acids is 1. The normalized spacial score (nSPS) is 23.6. The highest BCUT2D eigenvalue weighted by Crippen LogP contribution is 2.24. The summed E-state index contributed by atoms with van der Waals surface area (Å²) in [4.78, 5) is 16.7. The Morgan fingerprint density at radius 2 is 1.84 bits per heavy atom. The van der Waals surface area contributed by atoms with E-state index in [0.29, 0.717) is 31.2 Å². The fourth-order valence-electron chi connectivity index (χ4n) is 4.43. The van der Waals surface area contributed by atoms with Crippen LogP contribution < -0.4 is 15.5 Å². The van der Waals surface area contributed by atoms with E-state index in [9.17, 15) is 9.18 Å². The zero-order valence-corrected chi connectivity index (χ0v) is 19.2. The molecule has 2 aliphatic rings. The maximum atomic E-state index is 14.7. The average molecular weight is 437 g/mol. The number of carbonyl (C=O) groups is 1. The topological polar surface area (TPSA) is 66.1 Å². The molecular weight excluding hydrogens is 399 g/mol. The highest BCUT2D eigenvalue weighted by Gasteiger charge is 2.25. The molecule has 0 spiro atoms. The van der Waals surface area contributed by atoms with E-state index in [1.54, 1.807) is 6.07 Å². The fraction of sp³-hybridized carbons (Fsp3) is 0.696. The molecule has 7 nitrogen and oxygen atoms in total. The van der Waals surface area contributed by atoms with E-state index in [1.807, 2.05) is 24.8 Å². The number of morpholine rings is 2. The smallest absolute Gasteiger partial charge is 0.315 e. The second kappa shape index (κ2) is 11.1. The summed E-state index contributed by atoms with van der Waals surface area (Å²) in [6.07, 6.45) is 0.139. The highest BCUT2D eigenvalue weighted by molar-refractivity contribution is 5.73. The van der Waals surface area contributed by atoms with Crippen molar-refractivity contribution in [2.75, 3.05) is 50.8 Å². The van der Waals surface area contributed by atoms with E-state index >= 15 is 0 Å². The van der Waals surface area contributed by atoms with Crippen LogP contribution in [0.4, 0.5) is 14.9 Å². The van der Waals surface area contributed by atoms with Crippen LogP contribution in [0.2, 0.25) is 0 Å². The molecule has 8 heteroatoms. The summed E-state index contributed by atoms with van der Waals surface area (Å²) in [5.41, 5.74) is 1.32. The third kappa shape index (κ3) is 6.79. The van der Waals surface area contributed by atoms with Crippen LogP contribution in [0, 0.1) is 11.7 Å². The summed E-state index contributed by atoms with van der Waals surface area (Å²) in [6.45, 7) is 13.8. The molecule has 1 aromatic carbocycles. The zero-order chi connectivity index (χ0) is 22.4. The molecule has 3 rings (SSSR count). The predicted octanol–water partition coefficient (Wildman–Crippen LogP) is 2.60. The van der Waals surface area contributed by atoms with E-state index in [4.69, 9.17) is 9.47 Å². The molecule has 174 valence electrons. The number of halogens is 1. The number of hydrogen-bond acceptors (Lipinski definition) is 5. The first-order valence-electron chi connectivity index (χ1n) is 11.4. The van der Waals surface area contributed by atoms with Gasteiger partial charge in [-0.15, -0.1) is 0 Å². The number of ether oxygens (including phenoxy) is 2. The Hall–Kier alpha value is -1.90. The van der Waals surface area contributed by atoms with Gasteiger partial charge < -0.3 is 25.0 Å². The number of rotatable bonds is 7. The van der Waals surface area contributed by atoms with Crippen LogP contribution in [0.3, 0.4) is 0 Å². The van der Waals surface area contributed by atoms with Gasteiger partial charge in [-0.1, -0.05) is 19.9 Å². The highest BCUT2D eigenvalue weighted by atomic mass is 19.1. The first-order chi connectivity index (χ1) is 14.8. The van der Waals surface area contributed by atoms with Crippen molar-refractivity contribution in [3.05, 3.63) is 29.6 Å². The van der Waals surface area contributed by atoms with Crippen molar-refractivity contribution in [2.45, 2.75) is 52.5 Å². The van der Waals surface area contributed by atoms with E-state index in [0.717, 1.165) is 31.9 Å². The summed E-state index contributed by atoms with van der Waals surface area (Å²) in [5.74, 6) is 0.152. The number of urea groups is 1. The third-order valence-electron chi connectivity index (χ3n) is 5.98. The second-order valence-corrected chi connectivity index (χ2v) is 8.97. The van der Waals surface area contributed by atoms with Crippen LogP contribution in [-0.4, -0.2) is 75.1 Å². The minimum atomic E-state index is -0.270. The molecule has 0 aliphatic carbocycles. The number of anilines is 1. The molecule has 0 aromatic heterocycles. The van der Waals surface area contributed by atoms with Gasteiger partial charge in [-0.05, 0) is 37.5 Å². The number of benzene rings is 1. The maximum Gasteiger partial charge on any atom is 0.315 e. The van der Waals surface area contributed by atoms with Gasteiger partial charge in [-0.25, -0.2) is 9.18 Å². The molecule has 2 amide bonds. The van der Waals surface area contributed by atoms with Crippen molar-refractivity contribution in [3.8, 4) is 0 Å². The Morgan fingerprint density at radius 1 is 1.16 bits per heavy atom. The average Bonchev–Trinajstić information content (AvgIpc) is 2.72. The van der Waals surface area contributed by atoms with Crippen LogP contribution in [0.25, 0.3) is 0 Å². The Bertz CT molecular complexity index is 717. The van der Waals surface area contributed by atoms with Gasteiger partial charge >= 0.3 is 6.03 Å². The molecular formula is C23H37FN4O3. The number of nitrogens with zero attached hydrogens (tertiary/aromatic N) is 2. The molecule has 2 heterocycles. The zero-order valence-electron chi connectivity index (χ0n) is 19.2. The lowest BCUT2D eigenvalue weighted by atomic mass is 10.0. The molecule has 3 unspecified atom stereocenters. The van der Waals surface area contributed by atoms with Gasteiger partial charge in [0.05, 0.1) is 31.1 Å². The number of amides is 2. The first-order valence-corrected chi connectivity index (χ1v) is 11.4. The lowest BCUT2D eigenvalue weighted by Crippen LogP contribution is -2.52. The summed E-state index contributed by atoms with van der Waals surface area (Å²) in [7, 11) is 0. The van der Waals surface area contributed by atoms with Crippen molar-refractivity contribution in [3.63, 3.8) is 0 Å². The van der Waals surface area contributed by atoms with Crippen LogP contribution in [-0.2, 0) is 16.0 Å². The van der Waals surface area contributed by atoms with Crippen molar-refractivity contribution in [1.82, 2.24) is 15.5 Å².